The lowest BCUT2D eigenvalue weighted by atomic mass is 10.3. The molecular weight excluding hydrogens is 238 g/mol. The van der Waals surface area contributed by atoms with Gasteiger partial charge in [0.05, 0.1) is 12.7 Å². The van der Waals surface area contributed by atoms with Gasteiger partial charge in [0.15, 0.2) is 5.69 Å². The number of hydrogen-bond acceptors (Lipinski definition) is 5. The van der Waals surface area contributed by atoms with Crippen LogP contribution in [0.15, 0.2) is 6.20 Å². The number of nitrogens with zero attached hydrogens (tertiary/aromatic N) is 3. The average Bonchev–Trinajstić information content (AvgIpc) is 2.98. The monoisotopic (exact) mass is 255 g/mol. The summed E-state index contributed by atoms with van der Waals surface area (Å²) in [7, 11) is 0. The van der Waals surface area contributed by atoms with Crippen LogP contribution >= 0.6 is 11.8 Å². The maximum atomic E-state index is 11.8. The largest absolute Gasteiger partial charge is 0.349 e. The van der Waals surface area contributed by atoms with E-state index < -0.39 is 0 Å². The van der Waals surface area contributed by atoms with E-state index in [0.29, 0.717) is 25.3 Å². The van der Waals surface area contributed by atoms with Gasteiger partial charge in [-0.2, -0.15) is 11.8 Å². The molecule has 1 saturated carbocycles. The zero-order valence-corrected chi connectivity index (χ0v) is 10.7. The van der Waals surface area contributed by atoms with Crippen LogP contribution in [-0.2, 0) is 6.54 Å². The summed E-state index contributed by atoms with van der Waals surface area (Å²) in [4.78, 5) is 11.8. The van der Waals surface area contributed by atoms with E-state index in [9.17, 15) is 4.79 Å². The van der Waals surface area contributed by atoms with Gasteiger partial charge in [0.2, 0.25) is 0 Å². The third-order valence-corrected chi connectivity index (χ3v) is 4.36. The van der Waals surface area contributed by atoms with Crippen LogP contribution < -0.4 is 11.1 Å². The number of rotatable bonds is 6. The average molecular weight is 255 g/mol. The maximum Gasteiger partial charge on any atom is 0.273 e. The first-order valence-electron chi connectivity index (χ1n) is 5.63. The van der Waals surface area contributed by atoms with Gasteiger partial charge in [0.25, 0.3) is 5.91 Å². The van der Waals surface area contributed by atoms with Crippen molar-refractivity contribution < 1.29 is 4.79 Å². The fourth-order valence-corrected chi connectivity index (χ4v) is 2.30. The molecule has 1 aliphatic rings. The zero-order chi connectivity index (χ0) is 12.3. The molecule has 0 aromatic carbocycles. The molecule has 6 nitrogen and oxygen atoms in total. The van der Waals surface area contributed by atoms with Crippen molar-refractivity contribution in [2.24, 2.45) is 5.73 Å². The number of nitrogens with two attached hydrogens (primary N) is 1. The highest BCUT2D eigenvalue weighted by Crippen LogP contribution is 2.46. The van der Waals surface area contributed by atoms with Crippen molar-refractivity contribution >= 4 is 17.7 Å². The molecule has 0 spiro atoms. The van der Waals surface area contributed by atoms with E-state index in [1.165, 1.54) is 12.8 Å². The summed E-state index contributed by atoms with van der Waals surface area (Å²) < 4.78 is 1.85. The highest BCUT2D eigenvalue weighted by Gasteiger charge is 2.42. The Morgan fingerprint density at radius 3 is 3.06 bits per heavy atom. The van der Waals surface area contributed by atoms with E-state index in [1.54, 1.807) is 10.9 Å². The van der Waals surface area contributed by atoms with E-state index in [0.717, 1.165) is 0 Å². The molecule has 94 valence electrons. The Kier molecular flexibility index (Phi) is 3.68. The quantitative estimate of drug-likeness (QED) is 0.739. The molecule has 0 unspecified atom stereocenters. The number of aromatic nitrogens is 3. The first kappa shape index (κ1) is 12.4. The van der Waals surface area contributed by atoms with Gasteiger partial charge >= 0.3 is 0 Å². The molecule has 0 saturated heterocycles. The summed E-state index contributed by atoms with van der Waals surface area (Å²) in [6.45, 7) is 1.77. The summed E-state index contributed by atoms with van der Waals surface area (Å²) in [5.74, 6) is -0.159. The van der Waals surface area contributed by atoms with Crippen LogP contribution in [0.1, 0.15) is 23.3 Å². The third-order valence-electron chi connectivity index (χ3n) is 2.94. The Morgan fingerprint density at radius 2 is 2.47 bits per heavy atom. The molecular formula is C10H17N5OS. The van der Waals surface area contributed by atoms with Crippen LogP contribution in [0.5, 0.6) is 0 Å². The standard InChI is InChI=1S/C10H17N5OS/c1-17-10(2-3-10)7-12-9(16)8-6-15(5-4-11)14-13-8/h6H,2-5,7,11H2,1H3,(H,12,16). The zero-order valence-electron chi connectivity index (χ0n) is 9.85. The Labute approximate surface area is 104 Å². The number of hydrogen-bond donors (Lipinski definition) is 2. The SMILES string of the molecule is CSC1(CNC(=O)c2cn(CCN)nn2)CC1. The van der Waals surface area contributed by atoms with Crippen molar-refractivity contribution in [2.45, 2.75) is 24.1 Å². The van der Waals surface area contributed by atoms with Crippen LogP contribution in [0.4, 0.5) is 0 Å². The first-order valence-corrected chi connectivity index (χ1v) is 6.85. The Hall–Kier alpha value is -1.08. The number of nitrogens with one attached hydrogen (secondary N) is 1. The molecule has 1 fully saturated rings. The summed E-state index contributed by atoms with van der Waals surface area (Å²) in [6.07, 6.45) is 6.06. The fraction of sp³-hybridized carbons (Fsp3) is 0.700. The van der Waals surface area contributed by atoms with Crippen molar-refractivity contribution in [3.8, 4) is 0 Å². The number of thioether (sulfide) groups is 1. The predicted octanol–water partition coefficient (Wildman–Crippen LogP) is -0.138. The summed E-state index contributed by atoms with van der Waals surface area (Å²) >= 11 is 1.82. The smallest absolute Gasteiger partial charge is 0.273 e. The van der Waals surface area contributed by atoms with Gasteiger partial charge in [-0.05, 0) is 19.1 Å². The van der Waals surface area contributed by atoms with E-state index in [1.807, 2.05) is 11.8 Å². The molecule has 0 atom stereocenters. The van der Waals surface area contributed by atoms with Crippen LogP contribution in [-0.4, -0.2) is 45.0 Å². The fourth-order valence-electron chi connectivity index (χ4n) is 1.57. The molecule has 1 amide bonds. The predicted molar refractivity (Wildman–Crippen MR) is 66.9 cm³/mol. The van der Waals surface area contributed by atoms with E-state index >= 15 is 0 Å². The van der Waals surface area contributed by atoms with Gasteiger partial charge in [0.1, 0.15) is 0 Å². The normalized spacial score (nSPS) is 16.8. The molecule has 1 heterocycles. The number of carbonyl (C=O) groups is 1. The lowest BCUT2D eigenvalue weighted by Crippen LogP contribution is -2.31. The molecule has 0 radical (unpaired) electrons. The minimum absolute atomic E-state index is 0.159. The lowest BCUT2D eigenvalue weighted by Gasteiger charge is -2.11. The second-order valence-electron chi connectivity index (χ2n) is 4.23. The van der Waals surface area contributed by atoms with Crippen molar-refractivity contribution in [1.29, 1.82) is 0 Å². The van der Waals surface area contributed by atoms with Gasteiger partial charge in [-0.1, -0.05) is 5.21 Å². The lowest BCUT2D eigenvalue weighted by molar-refractivity contribution is 0.0948. The minimum atomic E-state index is -0.159. The Bertz CT molecular complexity index is 401. The summed E-state index contributed by atoms with van der Waals surface area (Å²) in [6, 6.07) is 0. The first-order chi connectivity index (χ1) is 8.19. The van der Waals surface area contributed by atoms with Gasteiger partial charge in [-0.15, -0.1) is 5.10 Å². The Balaban J connectivity index is 1.86. The van der Waals surface area contributed by atoms with Crippen molar-refractivity contribution in [1.82, 2.24) is 20.3 Å². The van der Waals surface area contributed by atoms with Crippen LogP contribution in [0.3, 0.4) is 0 Å². The van der Waals surface area contributed by atoms with Crippen LogP contribution in [0, 0.1) is 0 Å². The third kappa shape index (κ3) is 2.98. The van der Waals surface area contributed by atoms with Crippen molar-refractivity contribution in [2.75, 3.05) is 19.3 Å². The van der Waals surface area contributed by atoms with E-state index in [-0.39, 0.29) is 10.7 Å². The molecule has 0 aliphatic heterocycles. The molecule has 3 N–H and O–H groups in total. The molecule has 7 heteroatoms. The Morgan fingerprint density at radius 1 is 1.71 bits per heavy atom. The van der Waals surface area contributed by atoms with Crippen molar-refractivity contribution in [3.63, 3.8) is 0 Å². The van der Waals surface area contributed by atoms with Gasteiger partial charge in [-0.3, -0.25) is 9.48 Å². The molecule has 1 aromatic heterocycles. The van der Waals surface area contributed by atoms with E-state index in [4.69, 9.17) is 5.73 Å². The molecule has 2 rings (SSSR count). The number of amides is 1. The molecule has 0 bridgehead atoms. The highest BCUT2D eigenvalue weighted by molar-refractivity contribution is 8.00. The van der Waals surface area contributed by atoms with E-state index in [2.05, 4.69) is 21.9 Å². The van der Waals surface area contributed by atoms with Gasteiger partial charge in [-0.25, -0.2) is 0 Å². The summed E-state index contributed by atoms with van der Waals surface area (Å²) in [5.41, 5.74) is 5.75. The second-order valence-corrected chi connectivity index (χ2v) is 5.50. The van der Waals surface area contributed by atoms with Gasteiger partial charge in [0, 0.05) is 17.8 Å². The highest BCUT2D eigenvalue weighted by atomic mass is 32.2. The topological polar surface area (TPSA) is 85.8 Å². The molecule has 17 heavy (non-hydrogen) atoms. The van der Waals surface area contributed by atoms with Gasteiger partial charge < -0.3 is 11.1 Å². The van der Waals surface area contributed by atoms with Crippen LogP contribution in [0.2, 0.25) is 0 Å². The minimum Gasteiger partial charge on any atom is -0.349 e. The van der Waals surface area contributed by atoms with Crippen LogP contribution in [0.25, 0.3) is 0 Å². The number of carbonyl (C=O) groups excluding carboxylic acids is 1. The van der Waals surface area contributed by atoms with Crippen molar-refractivity contribution in [3.05, 3.63) is 11.9 Å². The summed E-state index contributed by atoms with van der Waals surface area (Å²) in [5, 5.41) is 10.5. The molecule has 1 aliphatic carbocycles. The molecule has 1 aromatic rings. The maximum absolute atomic E-state index is 11.8. The second kappa shape index (κ2) is 5.05.